The van der Waals surface area contributed by atoms with E-state index < -0.39 is 33.9 Å². The lowest BCUT2D eigenvalue weighted by Gasteiger charge is -2.07. The van der Waals surface area contributed by atoms with E-state index in [1.165, 1.54) is 43.5 Å². The number of carbonyl (C=O) groups excluding carboxylic acids is 1. The molecule has 0 aromatic heterocycles. The van der Waals surface area contributed by atoms with E-state index in [0.29, 0.717) is 5.56 Å². The molecule has 0 amide bonds. The van der Waals surface area contributed by atoms with E-state index in [0.717, 1.165) is 9.87 Å². The minimum atomic E-state index is -3.86. The van der Waals surface area contributed by atoms with Gasteiger partial charge in [-0.3, -0.25) is 4.79 Å². The Morgan fingerprint density at radius 1 is 1.08 bits per heavy atom. The van der Waals surface area contributed by atoms with Gasteiger partial charge >= 0.3 is 5.97 Å². The molecular weight excluding hydrogens is 333 g/mol. The maximum absolute atomic E-state index is 13.1. The molecule has 2 aromatic carbocycles. The van der Waals surface area contributed by atoms with Gasteiger partial charge in [0, 0.05) is 0 Å². The summed E-state index contributed by atoms with van der Waals surface area (Å²) in [5, 5.41) is 0. The normalized spacial score (nSPS) is 22.9. The lowest BCUT2D eigenvalue weighted by molar-refractivity contribution is -0.140. The Morgan fingerprint density at radius 2 is 1.67 bits per heavy atom. The Hall–Kier alpha value is -2.25. The van der Waals surface area contributed by atoms with Crippen molar-refractivity contribution < 1.29 is 22.3 Å². The minimum absolute atomic E-state index is 0.103. The number of hydrogen-bond acceptors (Lipinski definition) is 4. The first-order valence-electron chi connectivity index (χ1n) is 7.30. The van der Waals surface area contributed by atoms with E-state index in [1.54, 1.807) is 12.1 Å². The second-order valence-corrected chi connectivity index (χ2v) is 7.46. The average molecular weight is 349 g/mol. The van der Waals surface area contributed by atoms with E-state index in [2.05, 4.69) is 0 Å². The van der Waals surface area contributed by atoms with Gasteiger partial charge in [0.1, 0.15) is 11.9 Å². The number of benzene rings is 2. The first-order chi connectivity index (χ1) is 11.4. The zero-order chi connectivity index (χ0) is 17.5. The van der Waals surface area contributed by atoms with Crippen LogP contribution in [0.4, 0.5) is 4.39 Å². The van der Waals surface area contributed by atoms with Crippen molar-refractivity contribution in [2.24, 2.45) is 0 Å². The number of ether oxygens (including phenoxy) is 1. The Bertz CT molecular complexity index is 862. The number of sulfonamides is 1. The quantitative estimate of drug-likeness (QED) is 0.628. The molecule has 1 aliphatic rings. The van der Waals surface area contributed by atoms with Crippen molar-refractivity contribution in [3.05, 3.63) is 65.5 Å². The van der Waals surface area contributed by atoms with Gasteiger partial charge in [0.05, 0.1) is 18.0 Å². The number of halogens is 1. The largest absolute Gasteiger partial charge is 0.468 e. The lowest BCUT2D eigenvalue weighted by atomic mass is 10.1. The molecule has 0 radical (unpaired) electrons. The molecule has 0 aliphatic carbocycles. The highest BCUT2D eigenvalue weighted by atomic mass is 32.2. The standard InChI is InChI=1S/C17H16FNO4S/c1-11-3-9-14(10-4-11)24(21,22)19-15(16(19)17(20)23-2)12-5-7-13(18)8-6-12/h3-10,15-16H,1-2H3/t15-,16-,19?/m0/s1. The molecule has 1 saturated heterocycles. The molecule has 0 bridgehead atoms. The molecule has 2 aromatic rings. The summed E-state index contributed by atoms with van der Waals surface area (Å²) in [6.07, 6.45) is 0. The highest BCUT2D eigenvalue weighted by molar-refractivity contribution is 7.89. The molecule has 0 spiro atoms. The van der Waals surface area contributed by atoms with Gasteiger partial charge in [0.2, 0.25) is 10.0 Å². The fourth-order valence-corrected chi connectivity index (χ4v) is 4.39. The van der Waals surface area contributed by atoms with E-state index in [4.69, 9.17) is 4.74 Å². The molecule has 1 fully saturated rings. The fraction of sp³-hybridized carbons (Fsp3) is 0.235. The summed E-state index contributed by atoms with van der Waals surface area (Å²) in [7, 11) is -2.65. The van der Waals surface area contributed by atoms with E-state index in [1.807, 2.05) is 6.92 Å². The number of methoxy groups -OCH3 is 1. The monoisotopic (exact) mass is 349 g/mol. The van der Waals surface area contributed by atoms with Crippen LogP contribution in [0, 0.1) is 12.7 Å². The van der Waals surface area contributed by atoms with Gasteiger partial charge in [-0.2, -0.15) is 4.31 Å². The molecule has 7 heteroatoms. The number of nitrogens with zero attached hydrogens (tertiary/aromatic N) is 1. The van der Waals surface area contributed by atoms with E-state index >= 15 is 0 Å². The molecule has 3 atom stereocenters. The Kier molecular flexibility index (Phi) is 4.15. The van der Waals surface area contributed by atoms with Crippen LogP contribution in [-0.4, -0.2) is 31.8 Å². The number of carbonyl (C=O) groups is 1. The van der Waals surface area contributed by atoms with Crippen LogP contribution in [0.1, 0.15) is 17.2 Å². The molecular formula is C17H16FNO4S. The number of rotatable bonds is 4. The topological polar surface area (TPSA) is 63.5 Å². The fourth-order valence-electron chi connectivity index (χ4n) is 2.69. The van der Waals surface area contributed by atoms with Crippen LogP contribution in [0.5, 0.6) is 0 Å². The molecule has 24 heavy (non-hydrogen) atoms. The second-order valence-electron chi connectivity index (χ2n) is 5.61. The third kappa shape index (κ3) is 2.81. The number of aryl methyl sites for hydroxylation is 1. The Balaban J connectivity index is 1.99. The average Bonchev–Trinajstić information content (AvgIpc) is 3.31. The maximum Gasteiger partial charge on any atom is 0.326 e. The van der Waals surface area contributed by atoms with Crippen molar-refractivity contribution >= 4 is 16.0 Å². The molecule has 0 saturated carbocycles. The van der Waals surface area contributed by atoms with Gasteiger partial charge in [-0.05, 0) is 36.8 Å². The first-order valence-corrected chi connectivity index (χ1v) is 8.74. The summed E-state index contributed by atoms with van der Waals surface area (Å²) in [4.78, 5) is 12.1. The van der Waals surface area contributed by atoms with Crippen molar-refractivity contribution in [2.45, 2.75) is 23.9 Å². The summed E-state index contributed by atoms with van der Waals surface area (Å²) in [5.41, 5.74) is 1.47. The Labute approximate surface area is 139 Å². The predicted molar refractivity (Wildman–Crippen MR) is 85.1 cm³/mol. The molecule has 1 aliphatic heterocycles. The third-order valence-electron chi connectivity index (χ3n) is 4.01. The molecule has 0 N–H and O–H groups in total. The highest BCUT2D eigenvalue weighted by Crippen LogP contribution is 2.48. The van der Waals surface area contributed by atoms with Crippen molar-refractivity contribution in [1.29, 1.82) is 0 Å². The van der Waals surface area contributed by atoms with Crippen molar-refractivity contribution in [3.8, 4) is 0 Å². The van der Waals surface area contributed by atoms with E-state index in [9.17, 15) is 17.6 Å². The van der Waals surface area contributed by atoms with Gasteiger partial charge in [0.15, 0.2) is 0 Å². The zero-order valence-corrected chi connectivity index (χ0v) is 14.0. The summed E-state index contributed by atoms with van der Waals surface area (Å²) in [6, 6.07) is 10.2. The van der Waals surface area contributed by atoms with Crippen LogP contribution < -0.4 is 0 Å². The van der Waals surface area contributed by atoms with Crippen LogP contribution in [0.2, 0.25) is 0 Å². The third-order valence-corrected chi connectivity index (χ3v) is 5.89. The van der Waals surface area contributed by atoms with Gasteiger partial charge in [-0.15, -0.1) is 0 Å². The van der Waals surface area contributed by atoms with Crippen LogP contribution in [0.3, 0.4) is 0 Å². The van der Waals surface area contributed by atoms with Gasteiger partial charge < -0.3 is 4.74 Å². The van der Waals surface area contributed by atoms with Crippen molar-refractivity contribution in [2.75, 3.05) is 7.11 Å². The van der Waals surface area contributed by atoms with Gasteiger partial charge in [-0.1, -0.05) is 29.8 Å². The molecule has 3 rings (SSSR count). The highest BCUT2D eigenvalue weighted by Gasteiger charge is 2.61. The number of esters is 1. The molecule has 5 nitrogen and oxygen atoms in total. The second kappa shape index (κ2) is 5.99. The van der Waals surface area contributed by atoms with Crippen LogP contribution in [0.25, 0.3) is 0 Å². The predicted octanol–water partition coefficient (Wildman–Crippen LogP) is 2.42. The SMILES string of the molecule is COC(=O)[C@@H]1[C@H](c2ccc(F)cc2)N1S(=O)(=O)c1ccc(C)cc1. The first kappa shape index (κ1) is 16.6. The van der Waals surface area contributed by atoms with Gasteiger partial charge in [0.25, 0.3) is 0 Å². The summed E-state index contributed by atoms with van der Waals surface area (Å²) < 4.78 is 44.6. The summed E-state index contributed by atoms with van der Waals surface area (Å²) in [5.74, 6) is -1.07. The molecule has 1 heterocycles. The minimum Gasteiger partial charge on any atom is -0.468 e. The Morgan fingerprint density at radius 3 is 2.21 bits per heavy atom. The molecule has 1 unspecified atom stereocenters. The summed E-state index contributed by atoms with van der Waals surface area (Å²) >= 11 is 0. The maximum atomic E-state index is 13.1. The van der Waals surface area contributed by atoms with Crippen molar-refractivity contribution in [3.63, 3.8) is 0 Å². The smallest absolute Gasteiger partial charge is 0.326 e. The van der Waals surface area contributed by atoms with Gasteiger partial charge in [-0.25, -0.2) is 12.8 Å². The summed E-state index contributed by atoms with van der Waals surface area (Å²) in [6.45, 7) is 1.85. The lowest BCUT2D eigenvalue weighted by Crippen LogP contribution is -2.20. The molecule has 126 valence electrons. The van der Waals surface area contributed by atoms with Crippen LogP contribution in [-0.2, 0) is 19.6 Å². The van der Waals surface area contributed by atoms with Crippen molar-refractivity contribution in [1.82, 2.24) is 4.31 Å². The number of hydrogen-bond donors (Lipinski definition) is 0. The van der Waals surface area contributed by atoms with E-state index in [-0.39, 0.29) is 4.90 Å². The van der Waals surface area contributed by atoms with Crippen LogP contribution in [0.15, 0.2) is 53.4 Å². The van der Waals surface area contributed by atoms with Crippen LogP contribution >= 0.6 is 0 Å². The zero-order valence-electron chi connectivity index (χ0n) is 13.1.